The van der Waals surface area contributed by atoms with Gasteiger partial charge in [-0.1, -0.05) is 30.3 Å². The van der Waals surface area contributed by atoms with Gasteiger partial charge in [0.25, 0.3) is 0 Å². The number of amides is 2. The van der Waals surface area contributed by atoms with Gasteiger partial charge in [-0.25, -0.2) is 4.79 Å². The van der Waals surface area contributed by atoms with E-state index in [2.05, 4.69) is 17.4 Å². The third-order valence-corrected chi connectivity index (χ3v) is 6.84. The predicted molar refractivity (Wildman–Crippen MR) is 139 cm³/mol. The number of Topliss-reactive ketones (excluding diaryl/α,β-unsaturated/α-hetero) is 1. The number of nitrogens with zero attached hydrogens (tertiary/aromatic N) is 1. The van der Waals surface area contributed by atoms with Crippen LogP contribution >= 0.6 is 0 Å². The quantitative estimate of drug-likeness (QED) is 0.596. The second-order valence-corrected chi connectivity index (χ2v) is 12.8. The molecule has 200 valence electrons. The molecule has 1 aromatic rings. The number of carbonyl (C=O) groups excluding carboxylic acids is 3. The van der Waals surface area contributed by atoms with Crippen molar-refractivity contribution in [2.75, 3.05) is 0 Å². The molecule has 3 rings (SSSR count). The van der Waals surface area contributed by atoms with Crippen LogP contribution in [0.25, 0.3) is 0 Å². The lowest BCUT2D eigenvalue weighted by Crippen LogP contribution is -2.51. The third-order valence-electron chi connectivity index (χ3n) is 6.84. The van der Waals surface area contributed by atoms with Crippen molar-refractivity contribution in [3.63, 3.8) is 0 Å². The number of hydrogen-bond acceptors (Lipinski definition) is 5. The zero-order valence-electron chi connectivity index (χ0n) is 23.2. The van der Waals surface area contributed by atoms with Crippen molar-refractivity contribution in [2.24, 2.45) is 11.8 Å². The number of nitrogens with one attached hydrogen (secondary N) is 1. The Kier molecular flexibility index (Phi) is 8.23. The maximum absolute atomic E-state index is 13.4. The normalized spacial score (nSPS) is 26.6. The highest BCUT2D eigenvalue weighted by Gasteiger charge is 2.52. The van der Waals surface area contributed by atoms with Crippen molar-refractivity contribution < 1.29 is 23.9 Å². The van der Waals surface area contributed by atoms with Gasteiger partial charge < -0.3 is 14.8 Å². The molecular weight excluding hydrogens is 456 g/mol. The molecule has 1 saturated heterocycles. The van der Waals surface area contributed by atoms with Gasteiger partial charge in [-0.2, -0.15) is 0 Å². The van der Waals surface area contributed by atoms with Gasteiger partial charge >= 0.3 is 6.09 Å². The maximum Gasteiger partial charge on any atom is 0.412 e. The Bertz CT molecular complexity index is 945. The number of ether oxygens (including phenoxy) is 2. The molecule has 2 aliphatic rings. The molecule has 1 aromatic carbocycles. The average Bonchev–Trinajstić information content (AvgIpc) is 2.96. The topological polar surface area (TPSA) is 84.9 Å². The van der Waals surface area contributed by atoms with Gasteiger partial charge in [-0.05, 0) is 86.1 Å². The first-order valence-corrected chi connectivity index (χ1v) is 13.1. The molecular formula is C29H44N2O5. The Balaban J connectivity index is 1.90. The van der Waals surface area contributed by atoms with E-state index in [1.807, 2.05) is 73.6 Å². The van der Waals surface area contributed by atoms with Crippen molar-refractivity contribution in [1.29, 1.82) is 0 Å². The van der Waals surface area contributed by atoms with E-state index in [1.54, 1.807) is 4.90 Å². The first kappa shape index (κ1) is 28.2. The summed E-state index contributed by atoms with van der Waals surface area (Å²) >= 11 is 0. The van der Waals surface area contributed by atoms with E-state index < -0.39 is 23.3 Å². The van der Waals surface area contributed by atoms with Crippen LogP contribution in [0.4, 0.5) is 4.79 Å². The second kappa shape index (κ2) is 10.5. The summed E-state index contributed by atoms with van der Waals surface area (Å²) in [6.45, 7) is 15.2. The van der Waals surface area contributed by atoms with Crippen LogP contribution in [0.5, 0.6) is 0 Å². The smallest absolute Gasteiger partial charge is 0.412 e. The fourth-order valence-corrected chi connectivity index (χ4v) is 5.43. The van der Waals surface area contributed by atoms with E-state index in [9.17, 15) is 14.4 Å². The van der Waals surface area contributed by atoms with Crippen molar-refractivity contribution >= 4 is 17.8 Å². The highest BCUT2D eigenvalue weighted by atomic mass is 16.6. The van der Waals surface area contributed by atoms with Gasteiger partial charge in [0, 0.05) is 24.3 Å². The zero-order valence-corrected chi connectivity index (χ0v) is 23.2. The fourth-order valence-electron chi connectivity index (χ4n) is 5.43. The molecule has 1 aliphatic heterocycles. The summed E-state index contributed by atoms with van der Waals surface area (Å²) < 4.78 is 12.3. The van der Waals surface area contributed by atoms with Crippen LogP contribution in [0.2, 0.25) is 0 Å². The van der Waals surface area contributed by atoms with Gasteiger partial charge in [0.2, 0.25) is 5.91 Å². The van der Waals surface area contributed by atoms with E-state index in [-0.39, 0.29) is 41.7 Å². The molecule has 0 radical (unpaired) electrons. The number of hydrogen-bond donors (Lipinski definition) is 1. The summed E-state index contributed by atoms with van der Waals surface area (Å²) in [4.78, 5) is 40.6. The zero-order chi connectivity index (χ0) is 26.9. The van der Waals surface area contributed by atoms with Gasteiger partial charge in [-0.3, -0.25) is 14.5 Å². The van der Waals surface area contributed by atoms with Crippen LogP contribution in [-0.4, -0.2) is 51.7 Å². The van der Waals surface area contributed by atoms with Gasteiger partial charge in [0.15, 0.2) is 0 Å². The molecule has 0 bridgehead atoms. The second-order valence-electron chi connectivity index (χ2n) is 12.8. The molecule has 2 amide bonds. The maximum atomic E-state index is 13.4. The van der Waals surface area contributed by atoms with Gasteiger partial charge in [0.05, 0.1) is 12.1 Å². The molecule has 4 unspecified atom stereocenters. The molecule has 1 heterocycles. The molecule has 1 saturated carbocycles. The summed E-state index contributed by atoms with van der Waals surface area (Å²) in [5, 5.41) is 3.07. The van der Waals surface area contributed by atoms with E-state index in [4.69, 9.17) is 9.47 Å². The van der Waals surface area contributed by atoms with E-state index in [1.165, 1.54) is 0 Å². The summed E-state index contributed by atoms with van der Waals surface area (Å²) in [6.07, 6.45) is 1.87. The SMILES string of the molecule is CC(C)(C)NC(=O)C1CC(=O)CCC1CC1OC(C)(C)N(C(=O)OC(C)(C)C)C1Cc1ccccc1. The molecule has 7 heteroatoms. The van der Waals surface area contributed by atoms with Gasteiger partial charge in [0.1, 0.15) is 17.1 Å². The van der Waals surface area contributed by atoms with Gasteiger partial charge in [-0.15, -0.1) is 0 Å². The Morgan fingerprint density at radius 1 is 1.11 bits per heavy atom. The van der Waals surface area contributed by atoms with Crippen LogP contribution in [-0.2, 0) is 25.5 Å². The summed E-state index contributed by atoms with van der Waals surface area (Å²) in [6, 6.07) is 9.79. The minimum absolute atomic E-state index is 0.0114. The Labute approximate surface area is 216 Å². The van der Waals surface area contributed by atoms with Crippen LogP contribution in [0.15, 0.2) is 30.3 Å². The molecule has 4 atom stereocenters. The monoisotopic (exact) mass is 500 g/mol. The number of ketones is 1. The van der Waals surface area contributed by atoms with Crippen molar-refractivity contribution in [3.8, 4) is 0 Å². The first-order chi connectivity index (χ1) is 16.6. The van der Waals surface area contributed by atoms with E-state index >= 15 is 0 Å². The van der Waals surface area contributed by atoms with Crippen LogP contribution < -0.4 is 5.32 Å². The Morgan fingerprint density at radius 3 is 2.33 bits per heavy atom. The van der Waals surface area contributed by atoms with Crippen LogP contribution in [0.1, 0.15) is 86.6 Å². The summed E-state index contributed by atoms with van der Waals surface area (Å²) in [7, 11) is 0. The van der Waals surface area contributed by atoms with Crippen LogP contribution in [0.3, 0.4) is 0 Å². The molecule has 36 heavy (non-hydrogen) atoms. The summed E-state index contributed by atoms with van der Waals surface area (Å²) in [5.74, 6) is -0.363. The molecule has 2 fully saturated rings. The van der Waals surface area contributed by atoms with Crippen molar-refractivity contribution in [2.45, 2.75) is 117 Å². The number of carbonyl (C=O) groups is 3. The lowest BCUT2D eigenvalue weighted by atomic mass is 9.74. The molecule has 0 spiro atoms. The third kappa shape index (κ3) is 7.31. The van der Waals surface area contributed by atoms with E-state index in [0.717, 1.165) is 5.56 Å². The average molecular weight is 501 g/mol. The minimum Gasteiger partial charge on any atom is -0.444 e. The molecule has 1 aliphatic carbocycles. The summed E-state index contributed by atoms with van der Waals surface area (Å²) in [5.41, 5.74) is -0.789. The lowest BCUT2D eigenvalue weighted by Gasteiger charge is -2.36. The molecule has 7 nitrogen and oxygen atoms in total. The highest BCUT2D eigenvalue weighted by molar-refractivity contribution is 5.88. The van der Waals surface area contributed by atoms with Crippen molar-refractivity contribution in [1.82, 2.24) is 10.2 Å². The lowest BCUT2D eigenvalue weighted by molar-refractivity contribution is -0.136. The van der Waals surface area contributed by atoms with E-state index in [0.29, 0.717) is 25.7 Å². The fraction of sp³-hybridized carbons (Fsp3) is 0.690. The minimum atomic E-state index is -0.875. The predicted octanol–water partition coefficient (Wildman–Crippen LogP) is 5.26. The largest absolute Gasteiger partial charge is 0.444 e. The molecule has 1 N–H and O–H groups in total. The Hall–Kier alpha value is -2.41. The highest BCUT2D eigenvalue weighted by Crippen LogP contribution is 2.41. The van der Waals surface area contributed by atoms with Crippen LogP contribution in [0, 0.1) is 11.8 Å². The standard InChI is InChI=1S/C29H44N2O5/c1-27(2,3)30-25(33)22-18-21(32)15-14-20(22)17-24-23(16-19-12-10-9-11-13-19)31(29(7,8)35-24)26(34)36-28(4,5)6/h9-13,20,22-24H,14-18H2,1-8H3,(H,30,33). The first-order valence-electron chi connectivity index (χ1n) is 13.1. The number of benzene rings is 1. The molecule has 0 aromatic heterocycles. The Morgan fingerprint density at radius 2 is 1.75 bits per heavy atom. The van der Waals surface area contributed by atoms with Crippen molar-refractivity contribution in [3.05, 3.63) is 35.9 Å². The number of rotatable bonds is 5.